The predicted octanol–water partition coefficient (Wildman–Crippen LogP) is 2.57. The highest BCUT2D eigenvalue weighted by molar-refractivity contribution is 5.98. The van der Waals surface area contributed by atoms with Gasteiger partial charge in [-0.1, -0.05) is 0 Å². The van der Waals surface area contributed by atoms with Crippen molar-refractivity contribution in [2.45, 2.75) is 52.1 Å². The topological polar surface area (TPSA) is 87.7 Å². The van der Waals surface area contributed by atoms with Crippen LogP contribution in [0.2, 0.25) is 0 Å². The lowest BCUT2D eigenvalue weighted by molar-refractivity contribution is 0.0856. The number of likely N-dealkylation sites (tertiary alicyclic amines) is 1. The van der Waals surface area contributed by atoms with Crippen molar-refractivity contribution in [2.24, 2.45) is 0 Å². The maximum absolute atomic E-state index is 12.4. The van der Waals surface area contributed by atoms with E-state index in [0.29, 0.717) is 43.7 Å². The molecule has 0 aliphatic carbocycles. The summed E-state index contributed by atoms with van der Waals surface area (Å²) >= 11 is 0. The molecule has 0 saturated carbocycles. The second-order valence-electron chi connectivity index (χ2n) is 7.72. The van der Waals surface area contributed by atoms with Gasteiger partial charge in [0.1, 0.15) is 0 Å². The first kappa shape index (κ1) is 20.7. The van der Waals surface area contributed by atoms with Crippen molar-refractivity contribution in [1.82, 2.24) is 15.5 Å². The van der Waals surface area contributed by atoms with E-state index in [-0.39, 0.29) is 29.5 Å². The van der Waals surface area contributed by atoms with Gasteiger partial charge in [0.05, 0.1) is 6.61 Å². The minimum atomic E-state index is -0.314. The zero-order chi connectivity index (χ0) is 20.0. The number of ether oxygens (including phenoxy) is 1. The number of nitrogens with one attached hydrogen (secondary N) is 2. The van der Waals surface area contributed by atoms with E-state index in [0.717, 1.165) is 0 Å². The van der Waals surface area contributed by atoms with E-state index in [4.69, 9.17) is 4.74 Å². The predicted molar refractivity (Wildman–Crippen MR) is 103 cm³/mol. The largest absolute Gasteiger partial charge is 0.450 e. The van der Waals surface area contributed by atoms with Gasteiger partial charge in [-0.25, -0.2) is 4.79 Å². The molecule has 7 heteroatoms. The summed E-state index contributed by atoms with van der Waals surface area (Å²) in [6, 6.07) is 6.63. The molecule has 1 fully saturated rings. The second-order valence-corrected chi connectivity index (χ2v) is 7.72. The molecule has 3 amide bonds. The summed E-state index contributed by atoms with van der Waals surface area (Å²) in [6.07, 6.45) is 1.08. The van der Waals surface area contributed by atoms with Crippen LogP contribution in [0.5, 0.6) is 0 Å². The number of rotatable bonds is 4. The fourth-order valence-corrected chi connectivity index (χ4v) is 2.88. The molecule has 0 bridgehead atoms. The molecule has 0 unspecified atom stereocenters. The summed E-state index contributed by atoms with van der Waals surface area (Å²) in [5, 5.41) is 5.89. The van der Waals surface area contributed by atoms with E-state index in [2.05, 4.69) is 10.6 Å². The van der Waals surface area contributed by atoms with Crippen molar-refractivity contribution < 1.29 is 19.1 Å². The monoisotopic (exact) mass is 375 g/mol. The number of piperidine rings is 1. The average molecular weight is 375 g/mol. The van der Waals surface area contributed by atoms with Crippen LogP contribution in [0.4, 0.5) is 4.79 Å². The van der Waals surface area contributed by atoms with Gasteiger partial charge in [0.2, 0.25) is 0 Å². The summed E-state index contributed by atoms with van der Waals surface area (Å²) in [6.45, 7) is 9.02. The van der Waals surface area contributed by atoms with Crippen LogP contribution in [0.3, 0.4) is 0 Å². The van der Waals surface area contributed by atoms with E-state index in [1.54, 1.807) is 36.1 Å². The number of hydrogen-bond donors (Lipinski definition) is 2. The summed E-state index contributed by atoms with van der Waals surface area (Å²) in [5.74, 6) is -0.340. The highest BCUT2D eigenvalue weighted by Crippen LogP contribution is 2.13. The van der Waals surface area contributed by atoms with Gasteiger partial charge < -0.3 is 20.3 Å². The Hall–Kier alpha value is -2.57. The third kappa shape index (κ3) is 6.27. The number of hydrogen-bond acceptors (Lipinski definition) is 4. The number of nitrogens with zero attached hydrogens (tertiary/aromatic N) is 1. The van der Waals surface area contributed by atoms with Crippen molar-refractivity contribution in [3.63, 3.8) is 0 Å². The highest BCUT2D eigenvalue weighted by Gasteiger charge is 2.25. The van der Waals surface area contributed by atoms with Gasteiger partial charge in [-0.15, -0.1) is 0 Å². The molecular formula is C20H29N3O4. The molecule has 0 atom stereocenters. The van der Waals surface area contributed by atoms with E-state index in [1.165, 1.54) is 0 Å². The maximum Gasteiger partial charge on any atom is 0.409 e. The van der Waals surface area contributed by atoms with Crippen LogP contribution in [0.15, 0.2) is 24.3 Å². The lowest BCUT2D eigenvalue weighted by Crippen LogP contribution is -2.46. The summed E-state index contributed by atoms with van der Waals surface area (Å²) < 4.78 is 4.99. The minimum Gasteiger partial charge on any atom is -0.450 e. The number of benzene rings is 1. The standard InChI is InChI=1S/C20H29N3O4/c1-5-27-19(26)23-12-10-16(11-13-23)21-17(24)14-6-8-15(9-7-14)18(25)22-20(2,3)4/h6-9,16H,5,10-13H2,1-4H3,(H,21,24)(H,22,25). The Kier molecular flexibility index (Phi) is 6.82. The van der Waals surface area contributed by atoms with Crippen molar-refractivity contribution in [2.75, 3.05) is 19.7 Å². The third-order valence-corrected chi connectivity index (χ3v) is 4.25. The van der Waals surface area contributed by atoms with E-state index < -0.39 is 0 Å². The van der Waals surface area contributed by atoms with Crippen LogP contribution >= 0.6 is 0 Å². The molecule has 1 aromatic rings. The Morgan fingerprint density at radius 1 is 1.04 bits per heavy atom. The van der Waals surface area contributed by atoms with Crippen LogP contribution < -0.4 is 10.6 Å². The zero-order valence-corrected chi connectivity index (χ0v) is 16.5. The average Bonchev–Trinajstić information content (AvgIpc) is 2.61. The minimum absolute atomic E-state index is 0.0204. The van der Waals surface area contributed by atoms with E-state index in [1.807, 2.05) is 20.8 Å². The second kappa shape index (κ2) is 8.88. The number of amides is 3. The Balaban J connectivity index is 1.86. The molecule has 1 aromatic carbocycles. The number of carbonyl (C=O) groups excluding carboxylic acids is 3. The Morgan fingerprint density at radius 3 is 2.04 bits per heavy atom. The first-order valence-corrected chi connectivity index (χ1v) is 9.34. The molecule has 27 heavy (non-hydrogen) atoms. The molecule has 2 N–H and O–H groups in total. The van der Waals surface area contributed by atoms with E-state index in [9.17, 15) is 14.4 Å². The van der Waals surface area contributed by atoms with Crippen molar-refractivity contribution in [1.29, 1.82) is 0 Å². The van der Waals surface area contributed by atoms with Crippen molar-refractivity contribution in [3.8, 4) is 0 Å². The molecule has 2 rings (SSSR count). The normalized spacial score (nSPS) is 15.2. The van der Waals surface area contributed by atoms with Crippen LogP contribution in [-0.4, -0.2) is 54.1 Å². The van der Waals surface area contributed by atoms with Crippen molar-refractivity contribution in [3.05, 3.63) is 35.4 Å². The fourth-order valence-electron chi connectivity index (χ4n) is 2.88. The van der Waals surface area contributed by atoms with Gasteiger partial charge >= 0.3 is 6.09 Å². The molecular weight excluding hydrogens is 346 g/mol. The Morgan fingerprint density at radius 2 is 1.56 bits per heavy atom. The quantitative estimate of drug-likeness (QED) is 0.847. The fraction of sp³-hybridized carbons (Fsp3) is 0.550. The van der Waals surface area contributed by atoms with Gasteiger partial charge in [0.15, 0.2) is 0 Å². The van der Waals surface area contributed by atoms with Gasteiger partial charge in [-0.2, -0.15) is 0 Å². The lowest BCUT2D eigenvalue weighted by atomic mass is 10.0. The first-order chi connectivity index (χ1) is 12.7. The molecule has 148 valence electrons. The highest BCUT2D eigenvalue weighted by atomic mass is 16.6. The SMILES string of the molecule is CCOC(=O)N1CCC(NC(=O)c2ccc(C(=O)NC(C)(C)C)cc2)CC1. The van der Waals surface area contributed by atoms with Crippen molar-refractivity contribution >= 4 is 17.9 Å². The van der Waals surface area contributed by atoms with Crippen LogP contribution in [0, 0.1) is 0 Å². The maximum atomic E-state index is 12.4. The molecule has 0 radical (unpaired) electrons. The molecule has 1 saturated heterocycles. The van der Waals surface area contributed by atoms with Crippen LogP contribution in [0.1, 0.15) is 61.3 Å². The van der Waals surface area contributed by atoms with Gasteiger partial charge in [-0.05, 0) is 64.8 Å². The Bertz CT molecular complexity index is 671. The smallest absolute Gasteiger partial charge is 0.409 e. The lowest BCUT2D eigenvalue weighted by Gasteiger charge is -2.31. The number of carbonyl (C=O) groups is 3. The third-order valence-electron chi connectivity index (χ3n) is 4.25. The van der Waals surface area contributed by atoms with Gasteiger partial charge in [0.25, 0.3) is 11.8 Å². The molecule has 0 aromatic heterocycles. The molecule has 1 aliphatic rings. The summed E-state index contributed by atoms with van der Waals surface area (Å²) in [7, 11) is 0. The summed E-state index contributed by atoms with van der Waals surface area (Å²) in [4.78, 5) is 37.9. The van der Waals surface area contributed by atoms with Gasteiger partial charge in [-0.3, -0.25) is 9.59 Å². The van der Waals surface area contributed by atoms with Gasteiger partial charge in [0, 0.05) is 35.8 Å². The molecule has 7 nitrogen and oxygen atoms in total. The van der Waals surface area contributed by atoms with E-state index >= 15 is 0 Å². The summed E-state index contributed by atoms with van der Waals surface area (Å²) in [5.41, 5.74) is 0.713. The van der Waals surface area contributed by atoms with Crippen LogP contribution in [-0.2, 0) is 4.74 Å². The Labute approximate surface area is 160 Å². The molecule has 1 heterocycles. The van der Waals surface area contributed by atoms with Crippen LogP contribution in [0.25, 0.3) is 0 Å². The zero-order valence-electron chi connectivity index (χ0n) is 16.5. The molecule has 1 aliphatic heterocycles. The first-order valence-electron chi connectivity index (χ1n) is 9.34. The molecule has 0 spiro atoms.